The Hall–Kier alpha value is -2.04. The van der Waals surface area contributed by atoms with Crippen LogP contribution in [-0.4, -0.2) is 22.3 Å². The van der Waals surface area contributed by atoms with Crippen LogP contribution in [0.5, 0.6) is 0 Å². The average Bonchev–Trinajstić information content (AvgIpc) is 2.87. The Kier molecular flexibility index (Phi) is 2.24. The van der Waals surface area contributed by atoms with E-state index in [2.05, 4.69) is 4.98 Å². The van der Waals surface area contributed by atoms with Crippen LogP contribution in [0, 0.1) is 0 Å². The third kappa shape index (κ3) is 1.73. The molecule has 0 spiro atoms. The van der Waals surface area contributed by atoms with Gasteiger partial charge in [0, 0.05) is 13.0 Å². The van der Waals surface area contributed by atoms with Gasteiger partial charge in [0.15, 0.2) is 5.58 Å². The maximum absolute atomic E-state index is 11.5. The molecule has 5 heteroatoms. The number of oxazole rings is 1. The number of carbonyl (C=O) groups is 1. The second-order valence-corrected chi connectivity index (χ2v) is 4.22. The maximum atomic E-state index is 11.5. The number of likely N-dealkylation sites (tertiary alicyclic amines) is 1. The highest BCUT2D eigenvalue weighted by atomic mass is 16.3. The number of nitrogens with two attached hydrogens (primary N) is 1. The molecule has 2 heterocycles. The van der Waals surface area contributed by atoms with Crippen molar-refractivity contribution in [3.05, 3.63) is 24.1 Å². The second kappa shape index (κ2) is 3.76. The van der Waals surface area contributed by atoms with Crippen molar-refractivity contribution in [2.45, 2.75) is 19.4 Å². The summed E-state index contributed by atoms with van der Waals surface area (Å²) in [7, 11) is 0. The predicted molar refractivity (Wildman–Crippen MR) is 63.1 cm³/mol. The summed E-state index contributed by atoms with van der Waals surface area (Å²) in [5, 5.41) is 0. The number of nitrogen functional groups attached to an aromatic ring is 1. The smallest absolute Gasteiger partial charge is 0.223 e. The van der Waals surface area contributed by atoms with Gasteiger partial charge in [0.2, 0.25) is 11.8 Å². The minimum absolute atomic E-state index is 0.167. The van der Waals surface area contributed by atoms with Crippen molar-refractivity contribution in [2.75, 3.05) is 12.3 Å². The van der Waals surface area contributed by atoms with Gasteiger partial charge in [-0.1, -0.05) is 6.07 Å². The van der Waals surface area contributed by atoms with Gasteiger partial charge in [-0.15, -0.1) is 0 Å². The summed E-state index contributed by atoms with van der Waals surface area (Å²) in [6.07, 6.45) is 1.55. The number of carbonyl (C=O) groups excluding carboxylic acids is 1. The molecule has 1 aliphatic heterocycles. The number of fused-ring (bicyclic) bond motifs is 1. The van der Waals surface area contributed by atoms with Crippen LogP contribution in [0.2, 0.25) is 0 Å². The number of nitrogens with zero attached hydrogens (tertiary/aromatic N) is 2. The number of para-hydroxylation sites is 1. The highest BCUT2D eigenvalue weighted by Crippen LogP contribution is 2.22. The Morgan fingerprint density at radius 2 is 2.35 bits per heavy atom. The standard InChI is InChI=1S/C12H13N3O2/c13-8-3-1-4-9-12(8)14-10(17-9)7-15-6-2-5-11(15)16/h1,3-4H,2,5-7,13H2. The molecule has 2 aromatic rings. The lowest BCUT2D eigenvalue weighted by Gasteiger charge is -2.11. The average molecular weight is 231 g/mol. The van der Waals surface area contributed by atoms with Crippen molar-refractivity contribution < 1.29 is 9.21 Å². The molecule has 2 N–H and O–H groups in total. The van der Waals surface area contributed by atoms with Crippen LogP contribution in [0.1, 0.15) is 18.7 Å². The molecule has 0 aliphatic carbocycles. The van der Waals surface area contributed by atoms with E-state index in [9.17, 15) is 4.79 Å². The zero-order valence-corrected chi connectivity index (χ0v) is 9.35. The molecule has 0 radical (unpaired) electrons. The van der Waals surface area contributed by atoms with Gasteiger partial charge in [0.1, 0.15) is 5.52 Å². The molecule has 0 atom stereocenters. The van der Waals surface area contributed by atoms with Gasteiger partial charge in [-0.05, 0) is 18.6 Å². The van der Waals surface area contributed by atoms with Crippen LogP contribution in [0.15, 0.2) is 22.6 Å². The Balaban J connectivity index is 1.91. The maximum Gasteiger partial charge on any atom is 0.223 e. The van der Waals surface area contributed by atoms with Crippen LogP contribution in [-0.2, 0) is 11.3 Å². The van der Waals surface area contributed by atoms with E-state index in [0.717, 1.165) is 13.0 Å². The molecule has 0 bridgehead atoms. The van der Waals surface area contributed by atoms with Crippen LogP contribution in [0.25, 0.3) is 11.1 Å². The van der Waals surface area contributed by atoms with E-state index in [0.29, 0.717) is 35.6 Å². The summed E-state index contributed by atoms with van der Waals surface area (Å²) >= 11 is 0. The molecule has 0 unspecified atom stereocenters. The van der Waals surface area contributed by atoms with Crippen molar-refractivity contribution in [2.24, 2.45) is 0 Å². The summed E-state index contributed by atoms with van der Waals surface area (Å²) in [5.41, 5.74) is 7.75. The molecule has 1 saturated heterocycles. The molecular weight excluding hydrogens is 218 g/mol. The molecule has 0 saturated carbocycles. The minimum Gasteiger partial charge on any atom is -0.439 e. The minimum atomic E-state index is 0.167. The Bertz CT molecular complexity index is 576. The molecule has 1 aromatic heterocycles. The molecular formula is C12H13N3O2. The number of hydrogen-bond acceptors (Lipinski definition) is 4. The largest absolute Gasteiger partial charge is 0.439 e. The summed E-state index contributed by atoms with van der Waals surface area (Å²) < 4.78 is 5.57. The van der Waals surface area contributed by atoms with Gasteiger partial charge >= 0.3 is 0 Å². The molecule has 1 aromatic carbocycles. The first-order valence-corrected chi connectivity index (χ1v) is 5.66. The second-order valence-electron chi connectivity index (χ2n) is 4.22. The summed E-state index contributed by atoms with van der Waals surface area (Å²) in [6.45, 7) is 1.22. The predicted octanol–water partition coefficient (Wildman–Crippen LogP) is 1.53. The van der Waals surface area contributed by atoms with Crippen LogP contribution >= 0.6 is 0 Å². The van der Waals surface area contributed by atoms with E-state index < -0.39 is 0 Å². The van der Waals surface area contributed by atoms with Crippen LogP contribution in [0.4, 0.5) is 5.69 Å². The topological polar surface area (TPSA) is 72.4 Å². The quantitative estimate of drug-likeness (QED) is 0.795. The third-order valence-corrected chi connectivity index (χ3v) is 2.99. The van der Waals surface area contributed by atoms with Crippen LogP contribution in [0.3, 0.4) is 0 Å². The lowest BCUT2D eigenvalue weighted by Crippen LogP contribution is -2.23. The molecule has 1 aliphatic rings. The van der Waals surface area contributed by atoms with Gasteiger partial charge in [-0.2, -0.15) is 0 Å². The van der Waals surface area contributed by atoms with Gasteiger partial charge in [0.05, 0.1) is 12.2 Å². The Labute approximate surface area is 98.2 Å². The fraction of sp³-hybridized carbons (Fsp3) is 0.333. The van der Waals surface area contributed by atoms with Crippen molar-refractivity contribution in [3.63, 3.8) is 0 Å². The number of hydrogen-bond donors (Lipinski definition) is 1. The van der Waals surface area contributed by atoms with E-state index in [4.69, 9.17) is 10.2 Å². The van der Waals surface area contributed by atoms with Gasteiger partial charge < -0.3 is 15.1 Å². The lowest BCUT2D eigenvalue weighted by atomic mass is 10.3. The Morgan fingerprint density at radius 3 is 3.06 bits per heavy atom. The van der Waals surface area contributed by atoms with Gasteiger partial charge in [-0.3, -0.25) is 4.79 Å². The van der Waals surface area contributed by atoms with Crippen LogP contribution < -0.4 is 5.73 Å². The van der Waals surface area contributed by atoms with Crippen molar-refractivity contribution in [3.8, 4) is 0 Å². The monoisotopic (exact) mass is 231 g/mol. The molecule has 88 valence electrons. The van der Waals surface area contributed by atoms with E-state index in [1.165, 1.54) is 0 Å². The molecule has 1 fully saturated rings. The van der Waals surface area contributed by atoms with Crippen molar-refractivity contribution in [1.29, 1.82) is 0 Å². The third-order valence-electron chi connectivity index (χ3n) is 2.99. The normalized spacial score (nSPS) is 16.0. The number of anilines is 1. The Morgan fingerprint density at radius 1 is 1.47 bits per heavy atom. The van der Waals surface area contributed by atoms with E-state index in [1.54, 1.807) is 11.0 Å². The highest BCUT2D eigenvalue weighted by molar-refractivity contribution is 5.85. The number of amides is 1. The SMILES string of the molecule is Nc1cccc2oc(CN3CCCC3=O)nc12. The van der Waals surface area contributed by atoms with E-state index >= 15 is 0 Å². The first kappa shape index (κ1) is 10.1. The van der Waals surface area contributed by atoms with E-state index in [-0.39, 0.29) is 5.91 Å². The van der Waals surface area contributed by atoms with Gasteiger partial charge in [-0.25, -0.2) is 4.98 Å². The summed E-state index contributed by atoms with van der Waals surface area (Å²) in [5.74, 6) is 0.716. The van der Waals surface area contributed by atoms with Crippen molar-refractivity contribution >= 4 is 22.7 Å². The number of aromatic nitrogens is 1. The molecule has 3 rings (SSSR count). The number of rotatable bonds is 2. The zero-order chi connectivity index (χ0) is 11.8. The molecule has 5 nitrogen and oxygen atoms in total. The van der Waals surface area contributed by atoms with Crippen molar-refractivity contribution in [1.82, 2.24) is 9.88 Å². The first-order chi connectivity index (χ1) is 8.24. The molecule has 1 amide bonds. The lowest BCUT2D eigenvalue weighted by molar-refractivity contribution is -0.128. The highest BCUT2D eigenvalue weighted by Gasteiger charge is 2.22. The van der Waals surface area contributed by atoms with Gasteiger partial charge in [0.25, 0.3) is 0 Å². The number of benzene rings is 1. The van der Waals surface area contributed by atoms with E-state index in [1.807, 2.05) is 12.1 Å². The summed E-state index contributed by atoms with van der Waals surface area (Å²) in [6, 6.07) is 5.44. The zero-order valence-electron chi connectivity index (χ0n) is 9.35. The first-order valence-electron chi connectivity index (χ1n) is 5.66. The fourth-order valence-electron chi connectivity index (χ4n) is 2.12. The molecule has 17 heavy (non-hydrogen) atoms. The summed E-state index contributed by atoms with van der Waals surface area (Å²) in [4.78, 5) is 17.6. The fourth-order valence-corrected chi connectivity index (χ4v) is 2.12.